The Balaban J connectivity index is 1.59. The van der Waals surface area contributed by atoms with Gasteiger partial charge < -0.3 is 15.4 Å². The van der Waals surface area contributed by atoms with Gasteiger partial charge in [-0.1, -0.05) is 49.0 Å². The largest absolute Gasteiger partial charge is 0.497 e. The minimum atomic E-state index is -0.595. The fourth-order valence-electron chi connectivity index (χ4n) is 4.11. The maximum absolute atomic E-state index is 13.5. The lowest BCUT2D eigenvalue weighted by Crippen LogP contribution is -2.39. The number of hydrogen-bond donors (Lipinski definition) is 2. The number of carbonyl (C=O) groups excluding carboxylic acids is 1. The summed E-state index contributed by atoms with van der Waals surface area (Å²) in [6, 6.07) is 21.0. The molecule has 154 valence electrons. The Labute approximate surface area is 179 Å². The molecule has 1 amide bonds. The average molecular weight is 411 g/mol. The Bertz CT molecular complexity index is 1270. The maximum atomic E-state index is 13.5. The van der Waals surface area contributed by atoms with Crippen LogP contribution >= 0.6 is 0 Å². The van der Waals surface area contributed by atoms with Gasteiger partial charge in [-0.2, -0.15) is 10.1 Å². The molecule has 31 heavy (non-hydrogen) atoms. The van der Waals surface area contributed by atoms with Gasteiger partial charge in [-0.15, -0.1) is 0 Å². The number of carbonyl (C=O) groups is 1. The number of hydrogen-bond acceptors (Lipinski definition) is 5. The third kappa shape index (κ3) is 3.30. The topological polar surface area (TPSA) is 81.1 Å². The van der Waals surface area contributed by atoms with Crippen LogP contribution in [0, 0.1) is 5.92 Å². The van der Waals surface area contributed by atoms with Crippen LogP contribution in [-0.2, 0) is 4.79 Å². The lowest BCUT2D eigenvalue weighted by molar-refractivity contribution is -0.119. The SMILES string of the molecule is C=C1Nc2ncnn2[C@H](c2cccc3ccccc23)[C@H]1C(=O)Nc1ccc(OC)cc1. The first-order valence-electron chi connectivity index (χ1n) is 9.93. The number of fused-ring (bicyclic) bond motifs is 2. The van der Waals surface area contributed by atoms with Gasteiger partial charge >= 0.3 is 0 Å². The standard InChI is InChI=1S/C24H21N5O2/c1-15-21(23(30)28-17-10-12-18(31-2)13-11-17)22(29-24(27-15)25-14-26-29)20-9-5-7-16-6-3-4-8-19(16)20/h3-14,21-22H,1H2,2H3,(H,28,30)(H,25,26,27)/t21-,22+/m0/s1. The van der Waals surface area contributed by atoms with E-state index in [9.17, 15) is 4.79 Å². The predicted molar refractivity (Wildman–Crippen MR) is 120 cm³/mol. The number of aromatic nitrogens is 3. The Hall–Kier alpha value is -4.13. The predicted octanol–water partition coefficient (Wildman–Crippen LogP) is 4.22. The highest BCUT2D eigenvalue weighted by atomic mass is 16.5. The number of amides is 1. The molecule has 1 aliphatic rings. The molecule has 1 aliphatic heterocycles. The van der Waals surface area contributed by atoms with Crippen molar-refractivity contribution in [2.75, 3.05) is 17.7 Å². The molecule has 2 atom stereocenters. The third-order valence-electron chi connectivity index (χ3n) is 5.58. The van der Waals surface area contributed by atoms with Gasteiger partial charge in [0, 0.05) is 11.4 Å². The third-order valence-corrected chi connectivity index (χ3v) is 5.58. The smallest absolute Gasteiger partial charge is 0.235 e. The first-order valence-corrected chi connectivity index (χ1v) is 9.93. The molecule has 2 N–H and O–H groups in total. The van der Waals surface area contributed by atoms with Crippen molar-refractivity contribution in [3.63, 3.8) is 0 Å². The first-order chi connectivity index (χ1) is 15.2. The fraction of sp³-hybridized carbons (Fsp3) is 0.125. The molecule has 0 spiro atoms. The summed E-state index contributed by atoms with van der Waals surface area (Å²) in [5.41, 5.74) is 2.24. The molecule has 2 heterocycles. The Morgan fingerprint density at radius 3 is 2.68 bits per heavy atom. The second kappa shape index (κ2) is 7.60. The van der Waals surface area contributed by atoms with Crippen LogP contribution in [0.15, 0.2) is 85.3 Å². The van der Waals surface area contributed by atoms with Crippen molar-refractivity contribution in [3.05, 3.63) is 90.9 Å². The Morgan fingerprint density at radius 1 is 1.10 bits per heavy atom. The lowest BCUT2D eigenvalue weighted by atomic mass is 9.86. The Kier molecular flexibility index (Phi) is 4.63. The van der Waals surface area contributed by atoms with Crippen LogP contribution in [0.3, 0.4) is 0 Å². The molecule has 0 bridgehead atoms. The highest BCUT2D eigenvalue weighted by Crippen LogP contribution is 2.40. The van der Waals surface area contributed by atoms with Crippen molar-refractivity contribution >= 4 is 28.3 Å². The van der Waals surface area contributed by atoms with Gasteiger partial charge in [-0.25, -0.2) is 4.68 Å². The molecule has 3 aromatic carbocycles. The van der Waals surface area contributed by atoms with Gasteiger partial charge in [-0.05, 0) is 40.6 Å². The van der Waals surface area contributed by atoms with Gasteiger partial charge in [0.15, 0.2) is 0 Å². The minimum Gasteiger partial charge on any atom is -0.497 e. The normalized spacial score (nSPS) is 17.6. The maximum Gasteiger partial charge on any atom is 0.235 e. The van der Waals surface area contributed by atoms with Crippen LogP contribution in [0.4, 0.5) is 11.6 Å². The van der Waals surface area contributed by atoms with E-state index in [1.165, 1.54) is 6.33 Å². The quantitative estimate of drug-likeness (QED) is 0.525. The molecule has 0 unspecified atom stereocenters. The molecule has 0 fully saturated rings. The highest BCUT2D eigenvalue weighted by molar-refractivity contribution is 5.96. The summed E-state index contributed by atoms with van der Waals surface area (Å²) in [5.74, 6) is 0.517. The molecule has 7 heteroatoms. The summed E-state index contributed by atoms with van der Waals surface area (Å²) in [4.78, 5) is 17.8. The van der Waals surface area contributed by atoms with Crippen LogP contribution in [0.2, 0.25) is 0 Å². The molecular formula is C24H21N5O2. The zero-order chi connectivity index (χ0) is 21.4. The van der Waals surface area contributed by atoms with E-state index in [-0.39, 0.29) is 5.91 Å². The van der Waals surface area contributed by atoms with Crippen molar-refractivity contribution in [1.29, 1.82) is 0 Å². The van der Waals surface area contributed by atoms with Crippen LogP contribution in [0.1, 0.15) is 11.6 Å². The molecule has 5 rings (SSSR count). The van der Waals surface area contributed by atoms with Gasteiger partial charge in [0.2, 0.25) is 11.9 Å². The molecule has 0 radical (unpaired) electrons. The van der Waals surface area contributed by atoms with Crippen LogP contribution in [0.5, 0.6) is 5.75 Å². The molecule has 1 aromatic heterocycles. The number of rotatable bonds is 4. The highest BCUT2D eigenvalue weighted by Gasteiger charge is 2.40. The van der Waals surface area contributed by atoms with E-state index >= 15 is 0 Å². The molecule has 4 aromatic rings. The van der Waals surface area contributed by atoms with E-state index in [0.717, 1.165) is 22.1 Å². The summed E-state index contributed by atoms with van der Waals surface area (Å²) in [6.45, 7) is 4.15. The molecule has 0 aliphatic carbocycles. The summed E-state index contributed by atoms with van der Waals surface area (Å²) in [7, 11) is 1.61. The fourth-order valence-corrected chi connectivity index (χ4v) is 4.11. The van der Waals surface area contributed by atoms with Crippen molar-refractivity contribution in [2.24, 2.45) is 5.92 Å². The summed E-state index contributed by atoms with van der Waals surface area (Å²) in [5, 5.41) is 12.7. The van der Waals surface area contributed by atoms with Crippen molar-refractivity contribution in [3.8, 4) is 5.75 Å². The second-order valence-corrected chi connectivity index (χ2v) is 7.39. The van der Waals surface area contributed by atoms with Gasteiger partial charge in [0.25, 0.3) is 0 Å². The minimum absolute atomic E-state index is 0.179. The van der Waals surface area contributed by atoms with E-state index in [1.807, 2.05) is 36.4 Å². The van der Waals surface area contributed by atoms with Gasteiger partial charge in [0.1, 0.15) is 18.0 Å². The van der Waals surface area contributed by atoms with E-state index < -0.39 is 12.0 Å². The van der Waals surface area contributed by atoms with E-state index in [0.29, 0.717) is 17.3 Å². The molecule has 0 saturated carbocycles. The van der Waals surface area contributed by atoms with Crippen molar-refractivity contribution in [1.82, 2.24) is 14.8 Å². The number of nitrogens with one attached hydrogen (secondary N) is 2. The molecular weight excluding hydrogens is 390 g/mol. The van der Waals surface area contributed by atoms with Gasteiger partial charge in [-0.3, -0.25) is 4.79 Å². The number of benzene rings is 3. The summed E-state index contributed by atoms with van der Waals surface area (Å²) >= 11 is 0. The number of nitrogens with zero attached hydrogens (tertiary/aromatic N) is 3. The lowest BCUT2D eigenvalue weighted by Gasteiger charge is -2.34. The number of anilines is 2. The zero-order valence-corrected chi connectivity index (χ0v) is 16.9. The average Bonchev–Trinajstić information content (AvgIpc) is 3.26. The van der Waals surface area contributed by atoms with Crippen LogP contribution in [0.25, 0.3) is 10.8 Å². The summed E-state index contributed by atoms with van der Waals surface area (Å²) in [6.07, 6.45) is 1.48. The van der Waals surface area contributed by atoms with Crippen LogP contribution < -0.4 is 15.4 Å². The molecule has 0 saturated heterocycles. The van der Waals surface area contributed by atoms with E-state index in [2.05, 4.69) is 45.5 Å². The van der Waals surface area contributed by atoms with Gasteiger partial charge in [0.05, 0.1) is 13.2 Å². The summed E-state index contributed by atoms with van der Waals surface area (Å²) < 4.78 is 6.96. The second-order valence-electron chi connectivity index (χ2n) is 7.39. The molecule has 7 nitrogen and oxygen atoms in total. The van der Waals surface area contributed by atoms with E-state index in [1.54, 1.807) is 23.9 Å². The van der Waals surface area contributed by atoms with Crippen molar-refractivity contribution in [2.45, 2.75) is 6.04 Å². The monoisotopic (exact) mass is 411 g/mol. The van der Waals surface area contributed by atoms with Crippen molar-refractivity contribution < 1.29 is 9.53 Å². The van der Waals surface area contributed by atoms with Crippen LogP contribution in [-0.4, -0.2) is 27.8 Å². The number of ether oxygens (including phenoxy) is 1. The van der Waals surface area contributed by atoms with E-state index in [4.69, 9.17) is 4.74 Å². The first kappa shape index (κ1) is 18.9. The Morgan fingerprint density at radius 2 is 1.87 bits per heavy atom. The zero-order valence-electron chi connectivity index (χ0n) is 16.9. The number of methoxy groups -OCH3 is 1.